The quantitative estimate of drug-likeness (QED) is 0.503. The lowest BCUT2D eigenvalue weighted by Crippen LogP contribution is -2.23. The number of carbonyl (C=O) groups excluding carboxylic acids is 1. The average molecular weight is 476 g/mol. The summed E-state index contributed by atoms with van der Waals surface area (Å²) in [6.45, 7) is 5.31. The third-order valence-corrected chi connectivity index (χ3v) is 7.05. The summed E-state index contributed by atoms with van der Waals surface area (Å²) in [5, 5.41) is 17.8. The Bertz CT molecular complexity index is 1450. The molecule has 2 aliphatic carbocycles. The first-order valence-electron chi connectivity index (χ1n) is 11.2. The fourth-order valence-electron chi connectivity index (χ4n) is 4.87. The standard InChI is InChI=1S/C25H26FN7O2/c1-6-8-14(16(26)7-2)19-15(10-33(5)31-19)20-21-17(27-13-28-20)9-18(34)22(29-21)30-23(35)24-11-25(24,12-24)32(3)4/h6-10,13,34H,2,11-12H2,1,3-5H3,(H,29,30,35)/b8-6-,16-14-. The Hall–Kier alpha value is -3.92. The van der Waals surface area contributed by atoms with Gasteiger partial charge in [0.15, 0.2) is 11.6 Å². The van der Waals surface area contributed by atoms with Crippen molar-refractivity contribution < 1.29 is 14.3 Å². The zero-order chi connectivity index (χ0) is 25.1. The van der Waals surface area contributed by atoms with Gasteiger partial charge in [-0.25, -0.2) is 19.3 Å². The van der Waals surface area contributed by atoms with Crippen LogP contribution in [-0.4, -0.2) is 60.3 Å². The number of carbonyl (C=O) groups is 1. The fraction of sp³-hybridized carbons (Fsp3) is 0.320. The Morgan fingerprint density at radius 3 is 2.71 bits per heavy atom. The van der Waals surface area contributed by atoms with Crippen LogP contribution in [0.4, 0.5) is 10.2 Å². The SMILES string of the molecule is C=C/C(F)=C(\C=C/C)c1nn(C)cc1-c1ncnc2cc(O)c(NC(=O)C34CC3(N(C)C)C4)nc12. The lowest BCUT2D eigenvalue weighted by atomic mass is 10.0. The van der Waals surface area contributed by atoms with E-state index in [2.05, 4.69) is 36.8 Å². The molecule has 2 aliphatic rings. The molecule has 2 N–H and O–H groups in total. The van der Waals surface area contributed by atoms with E-state index < -0.39 is 11.2 Å². The highest BCUT2D eigenvalue weighted by Crippen LogP contribution is 2.81. The van der Waals surface area contributed by atoms with Crippen LogP contribution in [0, 0.1) is 5.41 Å². The molecule has 0 atom stereocenters. The van der Waals surface area contributed by atoms with Crippen molar-refractivity contribution in [1.29, 1.82) is 0 Å². The highest BCUT2D eigenvalue weighted by atomic mass is 19.1. The van der Waals surface area contributed by atoms with Crippen LogP contribution in [0.25, 0.3) is 27.9 Å². The first kappa shape index (κ1) is 22.9. The number of aromatic nitrogens is 5. The number of aromatic hydroxyl groups is 1. The van der Waals surface area contributed by atoms with Crippen molar-refractivity contribution in [1.82, 2.24) is 29.6 Å². The number of nitrogens with one attached hydrogen (secondary N) is 1. The number of allylic oxidation sites excluding steroid dienone is 5. The Morgan fingerprint density at radius 2 is 2.09 bits per heavy atom. The van der Waals surface area contributed by atoms with Gasteiger partial charge in [-0.3, -0.25) is 9.48 Å². The summed E-state index contributed by atoms with van der Waals surface area (Å²) >= 11 is 0. The van der Waals surface area contributed by atoms with E-state index in [1.54, 1.807) is 37.0 Å². The van der Waals surface area contributed by atoms with Gasteiger partial charge in [0.1, 0.15) is 29.1 Å². The van der Waals surface area contributed by atoms with Crippen molar-refractivity contribution in [3.8, 4) is 17.0 Å². The molecule has 0 spiro atoms. The van der Waals surface area contributed by atoms with Gasteiger partial charge in [-0.15, -0.1) is 0 Å². The second-order valence-corrected chi connectivity index (χ2v) is 9.29. The molecule has 3 aromatic heterocycles. The van der Waals surface area contributed by atoms with Gasteiger partial charge < -0.3 is 15.3 Å². The maximum absolute atomic E-state index is 14.7. The molecule has 35 heavy (non-hydrogen) atoms. The lowest BCUT2D eigenvalue weighted by molar-refractivity contribution is -0.119. The van der Waals surface area contributed by atoms with E-state index in [4.69, 9.17) is 0 Å². The van der Waals surface area contributed by atoms with Gasteiger partial charge in [0, 0.05) is 36.0 Å². The molecule has 0 bridgehead atoms. The number of anilines is 1. The van der Waals surface area contributed by atoms with E-state index in [-0.39, 0.29) is 28.6 Å². The molecule has 3 aromatic rings. The predicted octanol–water partition coefficient (Wildman–Crippen LogP) is 3.61. The lowest BCUT2D eigenvalue weighted by Gasteiger charge is -2.11. The number of fused-ring (bicyclic) bond motifs is 2. The number of hydrogen-bond donors (Lipinski definition) is 2. The maximum atomic E-state index is 14.7. The van der Waals surface area contributed by atoms with Gasteiger partial charge in [0.25, 0.3) is 0 Å². The van der Waals surface area contributed by atoms with Crippen molar-refractivity contribution in [2.75, 3.05) is 19.4 Å². The van der Waals surface area contributed by atoms with Gasteiger partial charge in [0.05, 0.1) is 10.9 Å². The highest BCUT2D eigenvalue weighted by molar-refractivity contribution is 6.04. The molecule has 10 heteroatoms. The zero-order valence-corrected chi connectivity index (χ0v) is 20.0. The molecular weight excluding hydrogens is 449 g/mol. The molecule has 3 heterocycles. The molecule has 0 saturated heterocycles. The Kier molecular flexibility index (Phi) is 5.10. The zero-order valence-electron chi connectivity index (χ0n) is 20.0. The number of halogens is 1. The van der Waals surface area contributed by atoms with Crippen LogP contribution in [0.15, 0.2) is 49.2 Å². The summed E-state index contributed by atoms with van der Waals surface area (Å²) in [6, 6.07) is 1.43. The predicted molar refractivity (Wildman–Crippen MR) is 131 cm³/mol. The van der Waals surface area contributed by atoms with Gasteiger partial charge in [-0.2, -0.15) is 5.10 Å². The summed E-state index contributed by atoms with van der Waals surface area (Å²) in [5.74, 6) is -0.855. The summed E-state index contributed by atoms with van der Waals surface area (Å²) in [4.78, 5) is 28.3. The third-order valence-electron chi connectivity index (χ3n) is 7.05. The van der Waals surface area contributed by atoms with Crippen LogP contribution in [-0.2, 0) is 11.8 Å². The summed E-state index contributed by atoms with van der Waals surface area (Å²) < 4.78 is 16.2. The van der Waals surface area contributed by atoms with Crippen molar-refractivity contribution in [2.45, 2.75) is 25.3 Å². The molecule has 5 rings (SSSR count). The monoisotopic (exact) mass is 475 g/mol. The van der Waals surface area contributed by atoms with Gasteiger partial charge in [-0.1, -0.05) is 18.7 Å². The Labute approximate surface area is 201 Å². The van der Waals surface area contributed by atoms with E-state index in [1.807, 2.05) is 14.1 Å². The number of nitrogens with zero attached hydrogens (tertiary/aromatic N) is 6. The summed E-state index contributed by atoms with van der Waals surface area (Å²) in [7, 11) is 5.66. The van der Waals surface area contributed by atoms with Gasteiger partial charge in [0.2, 0.25) is 5.91 Å². The number of aryl methyl sites for hydroxylation is 1. The molecule has 0 unspecified atom stereocenters. The van der Waals surface area contributed by atoms with Gasteiger partial charge in [-0.05, 0) is 39.9 Å². The number of hydrogen-bond acceptors (Lipinski definition) is 7. The first-order valence-corrected chi connectivity index (χ1v) is 11.2. The van der Waals surface area contributed by atoms with Crippen LogP contribution >= 0.6 is 0 Å². The molecule has 0 aliphatic heterocycles. The molecule has 2 fully saturated rings. The van der Waals surface area contributed by atoms with E-state index in [0.717, 1.165) is 18.9 Å². The molecule has 0 radical (unpaired) electrons. The fourth-order valence-corrected chi connectivity index (χ4v) is 4.87. The number of rotatable bonds is 7. The third kappa shape index (κ3) is 3.35. The second-order valence-electron chi connectivity index (χ2n) is 9.29. The Balaban J connectivity index is 1.60. The maximum Gasteiger partial charge on any atom is 0.233 e. The van der Waals surface area contributed by atoms with Crippen LogP contribution in [0.2, 0.25) is 0 Å². The number of amides is 1. The van der Waals surface area contributed by atoms with E-state index >= 15 is 0 Å². The molecule has 2 saturated carbocycles. The highest BCUT2D eigenvalue weighted by Gasteiger charge is 2.88. The average Bonchev–Trinajstić information content (AvgIpc) is 3.63. The molecule has 0 aromatic carbocycles. The van der Waals surface area contributed by atoms with Crippen molar-refractivity contribution >= 4 is 28.3 Å². The minimum atomic E-state index is -0.530. The van der Waals surface area contributed by atoms with Gasteiger partial charge >= 0.3 is 0 Å². The summed E-state index contributed by atoms with van der Waals surface area (Å²) in [5.41, 5.74) is 1.72. The minimum Gasteiger partial charge on any atom is -0.504 e. The van der Waals surface area contributed by atoms with Crippen LogP contribution in [0.3, 0.4) is 0 Å². The number of pyridine rings is 1. The molecule has 180 valence electrons. The molecular formula is C25H26FN7O2. The van der Waals surface area contributed by atoms with Crippen molar-refractivity contribution in [3.63, 3.8) is 0 Å². The first-order chi connectivity index (χ1) is 16.7. The molecule has 1 amide bonds. The minimum absolute atomic E-state index is 0.0336. The van der Waals surface area contributed by atoms with E-state index in [9.17, 15) is 14.3 Å². The van der Waals surface area contributed by atoms with E-state index in [0.29, 0.717) is 28.0 Å². The largest absolute Gasteiger partial charge is 0.504 e. The summed E-state index contributed by atoms with van der Waals surface area (Å²) in [6.07, 6.45) is 9.07. The normalized spacial score (nSPS) is 23.4. The van der Waals surface area contributed by atoms with Crippen LogP contribution < -0.4 is 5.32 Å². The Morgan fingerprint density at radius 1 is 1.34 bits per heavy atom. The van der Waals surface area contributed by atoms with E-state index in [1.165, 1.54) is 12.4 Å². The van der Waals surface area contributed by atoms with Crippen LogP contribution in [0.5, 0.6) is 5.75 Å². The smallest absolute Gasteiger partial charge is 0.233 e. The van der Waals surface area contributed by atoms with Crippen LogP contribution in [0.1, 0.15) is 25.5 Å². The van der Waals surface area contributed by atoms with Crippen molar-refractivity contribution in [3.05, 3.63) is 54.9 Å². The van der Waals surface area contributed by atoms with Crippen molar-refractivity contribution in [2.24, 2.45) is 12.5 Å². The molecule has 9 nitrogen and oxygen atoms in total. The second kappa shape index (κ2) is 7.81. The topological polar surface area (TPSA) is 109 Å².